The Kier molecular flexibility index (Phi) is 6.61. The third kappa shape index (κ3) is 4.62. The van der Waals surface area contributed by atoms with Crippen molar-refractivity contribution in [2.45, 2.75) is 43.9 Å². The van der Waals surface area contributed by atoms with E-state index in [9.17, 15) is 0 Å². The van der Waals surface area contributed by atoms with Gasteiger partial charge in [0, 0.05) is 30.5 Å². The van der Waals surface area contributed by atoms with Gasteiger partial charge in [-0.15, -0.1) is 0 Å². The van der Waals surface area contributed by atoms with Crippen LogP contribution in [0.3, 0.4) is 0 Å². The Labute approximate surface area is 187 Å². The zero-order valence-electron chi connectivity index (χ0n) is 18.0. The van der Waals surface area contributed by atoms with Gasteiger partial charge in [0.2, 0.25) is 0 Å². The summed E-state index contributed by atoms with van der Waals surface area (Å²) in [4.78, 5) is 0. The van der Waals surface area contributed by atoms with Crippen molar-refractivity contribution in [3.05, 3.63) is 89.7 Å². The van der Waals surface area contributed by atoms with E-state index in [-0.39, 0.29) is 24.2 Å². The summed E-state index contributed by atoms with van der Waals surface area (Å²) in [5.41, 5.74) is 3.10. The lowest BCUT2D eigenvalue weighted by Crippen LogP contribution is -2.60. The lowest BCUT2D eigenvalue weighted by atomic mass is 9.84. The lowest BCUT2D eigenvalue weighted by Gasteiger charge is -2.49. The minimum absolute atomic E-state index is 0.0158. The van der Waals surface area contributed by atoms with E-state index in [2.05, 4.69) is 22.3 Å². The molecule has 0 amide bonds. The highest BCUT2D eigenvalue weighted by molar-refractivity contribution is 5.17. The molecule has 0 radical (unpaired) electrons. The van der Waals surface area contributed by atoms with Crippen LogP contribution in [-0.4, -0.2) is 48.5 Å². The van der Waals surface area contributed by atoms with E-state index in [1.807, 2.05) is 54.6 Å². The Bertz CT molecular complexity index is 947. The first kappa shape index (κ1) is 21.3. The van der Waals surface area contributed by atoms with Gasteiger partial charge < -0.3 is 23.7 Å². The number of nitrogens with zero attached hydrogens (tertiary/aromatic N) is 1. The summed E-state index contributed by atoms with van der Waals surface area (Å²) in [6, 6.07) is 22.1. The average molecular weight is 437 g/mol. The van der Waals surface area contributed by atoms with Crippen LogP contribution in [0.15, 0.2) is 72.9 Å². The largest absolute Gasteiger partial charge is 0.368 e. The van der Waals surface area contributed by atoms with Gasteiger partial charge in [0.05, 0.1) is 19.3 Å². The van der Waals surface area contributed by atoms with Crippen molar-refractivity contribution in [3.8, 4) is 0 Å². The highest BCUT2D eigenvalue weighted by Crippen LogP contribution is 2.39. The SMILES string of the molecule is CO[C@H]1O[C@@H]2COC(c3ccccc3)O[C@H]2[C@@H](Cc2ccn[nH]2)[C@@H]1OCc1ccccc1. The van der Waals surface area contributed by atoms with Crippen LogP contribution in [-0.2, 0) is 36.7 Å². The van der Waals surface area contributed by atoms with Gasteiger partial charge in [-0.25, -0.2) is 0 Å². The molecule has 7 nitrogen and oxygen atoms in total. The monoisotopic (exact) mass is 436 g/mol. The number of rotatable bonds is 7. The summed E-state index contributed by atoms with van der Waals surface area (Å²) in [6.07, 6.45) is 0.712. The Balaban J connectivity index is 1.41. The topological polar surface area (TPSA) is 74.8 Å². The number of H-pyrrole nitrogens is 1. The molecule has 1 aromatic heterocycles. The first-order valence-corrected chi connectivity index (χ1v) is 11.0. The van der Waals surface area contributed by atoms with Gasteiger partial charge in [-0.3, -0.25) is 5.10 Å². The molecule has 168 valence electrons. The second-order valence-corrected chi connectivity index (χ2v) is 8.17. The Morgan fingerprint density at radius 3 is 2.50 bits per heavy atom. The quantitative estimate of drug-likeness (QED) is 0.610. The van der Waals surface area contributed by atoms with Gasteiger partial charge >= 0.3 is 0 Å². The predicted octanol–water partition coefficient (Wildman–Crippen LogP) is 3.64. The number of methoxy groups -OCH3 is 1. The number of benzene rings is 2. The van der Waals surface area contributed by atoms with E-state index in [1.54, 1.807) is 13.3 Å². The van der Waals surface area contributed by atoms with Gasteiger partial charge in [0.25, 0.3) is 0 Å². The molecule has 2 fully saturated rings. The second kappa shape index (κ2) is 9.94. The molecular weight excluding hydrogens is 408 g/mol. The van der Waals surface area contributed by atoms with Crippen molar-refractivity contribution in [2.24, 2.45) is 5.92 Å². The minimum Gasteiger partial charge on any atom is -0.368 e. The van der Waals surface area contributed by atoms with Crippen LogP contribution >= 0.6 is 0 Å². The summed E-state index contributed by atoms with van der Waals surface area (Å²) in [5.74, 6) is -0.0158. The van der Waals surface area contributed by atoms with E-state index < -0.39 is 12.6 Å². The fraction of sp³-hybridized carbons (Fsp3) is 0.400. The van der Waals surface area contributed by atoms with Crippen LogP contribution in [0.25, 0.3) is 0 Å². The van der Waals surface area contributed by atoms with Crippen molar-refractivity contribution >= 4 is 0 Å². The standard InChI is InChI=1S/C25H28N2O5/c1-28-25-23(29-15-17-8-4-2-5-9-17)20(14-19-12-13-26-27-19)22-21(31-25)16-30-24(32-22)18-10-6-3-7-11-18/h2-13,20-25H,14-16H2,1H3,(H,26,27)/t20-,21-,22+,23+,24?,25+/m1/s1. The van der Waals surface area contributed by atoms with E-state index in [4.69, 9.17) is 23.7 Å². The molecule has 0 aliphatic carbocycles. The van der Waals surface area contributed by atoms with Crippen molar-refractivity contribution in [3.63, 3.8) is 0 Å². The second-order valence-electron chi connectivity index (χ2n) is 8.17. The van der Waals surface area contributed by atoms with E-state index >= 15 is 0 Å². The van der Waals surface area contributed by atoms with Gasteiger partial charge in [-0.05, 0) is 18.1 Å². The van der Waals surface area contributed by atoms with Crippen molar-refractivity contribution in [1.82, 2.24) is 10.2 Å². The zero-order chi connectivity index (χ0) is 21.8. The Morgan fingerprint density at radius 1 is 1.00 bits per heavy atom. The van der Waals surface area contributed by atoms with Crippen LogP contribution in [0.2, 0.25) is 0 Å². The average Bonchev–Trinajstić information content (AvgIpc) is 3.37. The van der Waals surface area contributed by atoms with Gasteiger partial charge in [0.1, 0.15) is 12.2 Å². The van der Waals surface area contributed by atoms with Crippen LogP contribution in [0.5, 0.6) is 0 Å². The zero-order valence-corrected chi connectivity index (χ0v) is 18.0. The molecular formula is C25H28N2O5. The van der Waals surface area contributed by atoms with Crippen molar-refractivity contribution in [2.75, 3.05) is 13.7 Å². The van der Waals surface area contributed by atoms with Crippen LogP contribution in [0.1, 0.15) is 23.1 Å². The maximum Gasteiger partial charge on any atom is 0.184 e. The molecule has 0 saturated carbocycles. The molecule has 32 heavy (non-hydrogen) atoms. The molecule has 1 unspecified atom stereocenters. The van der Waals surface area contributed by atoms with E-state index in [0.717, 1.165) is 16.8 Å². The summed E-state index contributed by atoms with van der Waals surface area (Å²) < 4.78 is 30.9. The third-order valence-corrected chi connectivity index (χ3v) is 6.08. The normalized spacial score (nSPS) is 30.0. The summed E-state index contributed by atoms with van der Waals surface area (Å²) in [7, 11) is 1.65. The number of ether oxygens (including phenoxy) is 5. The lowest BCUT2D eigenvalue weighted by molar-refractivity contribution is -0.355. The smallest absolute Gasteiger partial charge is 0.184 e. The highest BCUT2D eigenvalue weighted by atomic mass is 16.7. The molecule has 3 aromatic rings. The minimum atomic E-state index is -0.520. The fourth-order valence-corrected chi connectivity index (χ4v) is 4.51. The van der Waals surface area contributed by atoms with Crippen LogP contribution < -0.4 is 0 Å². The number of hydrogen-bond donors (Lipinski definition) is 1. The molecule has 0 spiro atoms. The molecule has 0 bridgehead atoms. The fourth-order valence-electron chi connectivity index (χ4n) is 4.51. The van der Waals surface area contributed by atoms with Gasteiger partial charge in [-0.2, -0.15) is 5.10 Å². The maximum absolute atomic E-state index is 6.50. The van der Waals surface area contributed by atoms with Crippen molar-refractivity contribution in [1.29, 1.82) is 0 Å². The molecule has 2 aromatic carbocycles. The molecule has 2 saturated heterocycles. The summed E-state index contributed by atoms with van der Waals surface area (Å²) in [6.45, 7) is 0.888. The molecule has 3 heterocycles. The molecule has 2 aliphatic heterocycles. The first-order chi connectivity index (χ1) is 15.8. The van der Waals surface area contributed by atoms with Gasteiger partial charge in [-0.1, -0.05) is 60.7 Å². The first-order valence-electron chi connectivity index (χ1n) is 11.0. The number of aromatic nitrogens is 2. The molecule has 7 heteroatoms. The van der Waals surface area contributed by atoms with Crippen LogP contribution in [0.4, 0.5) is 0 Å². The number of hydrogen-bond acceptors (Lipinski definition) is 6. The predicted molar refractivity (Wildman–Crippen MR) is 116 cm³/mol. The third-order valence-electron chi connectivity index (χ3n) is 6.08. The number of aromatic amines is 1. The van der Waals surface area contributed by atoms with E-state index in [1.165, 1.54) is 0 Å². The van der Waals surface area contributed by atoms with E-state index in [0.29, 0.717) is 19.6 Å². The Morgan fingerprint density at radius 2 is 1.78 bits per heavy atom. The van der Waals surface area contributed by atoms with Gasteiger partial charge in [0.15, 0.2) is 12.6 Å². The molecule has 6 atom stereocenters. The van der Waals surface area contributed by atoms with Crippen LogP contribution in [0, 0.1) is 5.92 Å². The number of fused-ring (bicyclic) bond motifs is 1. The molecule has 1 N–H and O–H groups in total. The number of nitrogens with one attached hydrogen (secondary N) is 1. The van der Waals surface area contributed by atoms with Crippen molar-refractivity contribution < 1.29 is 23.7 Å². The summed E-state index contributed by atoms with van der Waals surface area (Å²) >= 11 is 0. The maximum atomic E-state index is 6.50. The summed E-state index contributed by atoms with van der Waals surface area (Å²) in [5, 5.41) is 7.19. The highest BCUT2D eigenvalue weighted by Gasteiger charge is 2.50. The molecule has 2 aliphatic rings. The Hall–Kier alpha value is -2.55. The molecule has 5 rings (SSSR count).